The summed E-state index contributed by atoms with van der Waals surface area (Å²) in [6.07, 6.45) is -4.99. The Morgan fingerprint density at radius 2 is 1.85 bits per heavy atom. The quantitative estimate of drug-likeness (QED) is 0.227. The van der Waals surface area contributed by atoms with Gasteiger partial charge in [-0.1, -0.05) is 12.1 Å². The largest absolute Gasteiger partial charge is 0.390 e. The van der Waals surface area contributed by atoms with Crippen LogP contribution in [0.4, 0.5) is 17.6 Å². The van der Waals surface area contributed by atoms with E-state index in [2.05, 4.69) is 15.6 Å². The number of rotatable bonds is 8. The third kappa shape index (κ3) is 10.4. The zero-order chi connectivity index (χ0) is 18.9. The van der Waals surface area contributed by atoms with Crippen molar-refractivity contribution in [2.75, 3.05) is 19.6 Å². The zero-order valence-corrected chi connectivity index (χ0v) is 16.6. The number of primary amides is 1. The van der Waals surface area contributed by atoms with Gasteiger partial charge >= 0.3 is 6.18 Å². The number of carbonyl (C=O) groups excluding carboxylic acids is 1. The number of amides is 1. The van der Waals surface area contributed by atoms with Gasteiger partial charge in [-0.2, -0.15) is 13.2 Å². The molecule has 1 amide bonds. The Hall–Kier alpha value is -1.59. The molecule has 0 radical (unpaired) electrons. The first-order valence-electron chi connectivity index (χ1n) is 7.84. The van der Waals surface area contributed by atoms with E-state index >= 15 is 0 Å². The summed E-state index contributed by atoms with van der Waals surface area (Å²) >= 11 is 0. The van der Waals surface area contributed by atoms with E-state index in [9.17, 15) is 22.4 Å². The Labute approximate surface area is 166 Å². The number of nitrogens with two attached hydrogens (primary N) is 1. The highest BCUT2D eigenvalue weighted by Gasteiger charge is 2.26. The van der Waals surface area contributed by atoms with Crippen LogP contribution in [0.5, 0.6) is 0 Å². The molecule has 1 aromatic rings. The van der Waals surface area contributed by atoms with Crippen LogP contribution in [-0.4, -0.2) is 37.7 Å². The summed E-state index contributed by atoms with van der Waals surface area (Å²) < 4.78 is 49.5. The number of hydrogen-bond donors (Lipinski definition) is 3. The molecule has 1 rings (SSSR count). The first-order chi connectivity index (χ1) is 11.7. The Bertz CT molecular complexity index is 579. The van der Waals surface area contributed by atoms with E-state index < -0.39 is 24.4 Å². The summed E-state index contributed by atoms with van der Waals surface area (Å²) in [6.45, 7) is 1.91. The Balaban J connectivity index is 0.00000625. The van der Waals surface area contributed by atoms with Gasteiger partial charge in [0.25, 0.3) is 0 Å². The van der Waals surface area contributed by atoms with Gasteiger partial charge < -0.3 is 16.4 Å². The number of carbonyl (C=O) groups is 1. The van der Waals surface area contributed by atoms with Crippen LogP contribution in [0.25, 0.3) is 0 Å². The summed E-state index contributed by atoms with van der Waals surface area (Å²) in [4.78, 5) is 15.7. The molecule has 148 valence electrons. The van der Waals surface area contributed by atoms with Gasteiger partial charge in [0.15, 0.2) is 5.96 Å². The van der Waals surface area contributed by atoms with E-state index in [1.807, 2.05) is 0 Å². The first-order valence-corrected chi connectivity index (χ1v) is 7.84. The van der Waals surface area contributed by atoms with Crippen LogP contribution in [0, 0.1) is 11.7 Å². The molecule has 0 aromatic heterocycles. The van der Waals surface area contributed by atoms with Gasteiger partial charge in [0, 0.05) is 13.1 Å². The lowest BCUT2D eigenvalue weighted by atomic mass is 9.99. The van der Waals surface area contributed by atoms with Crippen LogP contribution in [0.15, 0.2) is 29.3 Å². The standard InChI is InChI=1S/C16H22F4N4O.HI/c1-2-22-15(23-8-7-16(18,19)20)24-10-12(14(21)25)9-11-3-5-13(17)6-4-11;/h3-6,12H,2,7-10H2,1H3,(H2,21,25)(H2,22,23,24);1H. The number of hydrogen-bond acceptors (Lipinski definition) is 2. The molecule has 5 nitrogen and oxygen atoms in total. The van der Waals surface area contributed by atoms with Gasteiger partial charge in [-0.25, -0.2) is 4.39 Å². The molecule has 1 unspecified atom stereocenters. The number of guanidine groups is 1. The number of alkyl halides is 3. The van der Waals surface area contributed by atoms with E-state index in [0.717, 1.165) is 5.56 Å². The van der Waals surface area contributed by atoms with Crippen molar-refractivity contribution in [3.63, 3.8) is 0 Å². The van der Waals surface area contributed by atoms with Gasteiger partial charge in [0.05, 0.1) is 18.9 Å². The van der Waals surface area contributed by atoms with E-state index in [-0.39, 0.29) is 55.3 Å². The van der Waals surface area contributed by atoms with Gasteiger partial charge in [-0.05, 0) is 31.0 Å². The second kappa shape index (κ2) is 11.9. The number of aliphatic imine (C=N–C) groups is 1. The van der Waals surface area contributed by atoms with Gasteiger partial charge in [0.2, 0.25) is 5.91 Å². The highest BCUT2D eigenvalue weighted by Crippen LogP contribution is 2.18. The second-order valence-corrected chi connectivity index (χ2v) is 5.44. The summed E-state index contributed by atoms with van der Waals surface area (Å²) in [5, 5.41) is 5.36. The van der Waals surface area contributed by atoms with Crippen LogP contribution >= 0.6 is 24.0 Å². The molecule has 0 aliphatic rings. The van der Waals surface area contributed by atoms with Crippen LogP contribution in [0.1, 0.15) is 18.9 Å². The summed E-state index contributed by atoms with van der Waals surface area (Å²) in [5.41, 5.74) is 6.08. The fraction of sp³-hybridized carbons (Fsp3) is 0.500. The summed E-state index contributed by atoms with van der Waals surface area (Å²) in [6, 6.07) is 5.64. The molecule has 0 bridgehead atoms. The van der Waals surface area contributed by atoms with Crippen molar-refractivity contribution in [3.8, 4) is 0 Å². The molecular weight excluding hydrogens is 467 g/mol. The third-order valence-corrected chi connectivity index (χ3v) is 3.31. The molecule has 0 heterocycles. The fourth-order valence-electron chi connectivity index (χ4n) is 2.03. The SMILES string of the molecule is CCNC(=NCC(Cc1ccc(F)cc1)C(N)=O)NCCC(F)(F)F.I. The maximum Gasteiger partial charge on any atom is 0.390 e. The highest BCUT2D eigenvalue weighted by molar-refractivity contribution is 14.0. The van der Waals surface area contributed by atoms with Crippen LogP contribution < -0.4 is 16.4 Å². The minimum atomic E-state index is -4.26. The Kier molecular flexibility index (Phi) is 11.2. The van der Waals surface area contributed by atoms with Gasteiger partial charge in [-0.15, -0.1) is 24.0 Å². The van der Waals surface area contributed by atoms with Crippen molar-refractivity contribution in [1.29, 1.82) is 0 Å². The van der Waals surface area contributed by atoms with Gasteiger partial charge in [0.1, 0.15) is 5.82 Å². The maximum atomic E-state index is 12.9. The van der Waals surface area contributed by atoms with Crippen molar-refractivity contribution in [3.05, 3.63) is 35.6 Å². The first kappa shape index (κ1) is 24.4. The molecule has 0 fully saturated rings. The van der Waals surface area contributed by atoms with Gasteiger partial charge in [-0.3, -0.25) is 9.79 Å². The molecule has 0 aliphatic carbocycles. The smallest absolute Gasteiger partial charge is 0.369 e. The molecule has 4 N–H and O–H groups in total. The minimum Gasteiger partial charge on any atom is -0.369 e. The van der Waals surface area contributed by atoms with Crippen molar-refractivity contribution < 1.29 is 22.4 Å². The Morgan fingerprint density at radius 1 is 1.23 bits per heavy atom. The number of nitrogens with one attached hydrogen (secondary N) is 2. The highest BCUT2D eigenvalue weighted by atomic mass is 127. The average molecular weight is 490 g/mol. The van der Waals surface area contributed by atoms with Crippen LogP contribution in [0.3, 0.4) is 0 Å². The number of benzene rings is 1. The van der Waals surface area contributed by atoms with Crippen molar-refractivity contribution >= 4 is 35.8 Å². The normalized spacial score (nSPS) is 12.9. The molecule has 0 spiro atoms. The minimum absolute atomic E-state index is 0. The average Bonchev–Trinajstić information content (AvgIpc) is 2.51. The lowest BCUT2D eigenvalue weighted by Crippen LogP contribution is -2.40. The molecule has 26 heavy (non-hydrogen) atoms. The van der Waals surface area contributed by atoms with E-state index in [1.54, 1.807) is 19.1 Å². The second-order valence-electron chi connectivity index (χ2n) is 5.44. The topological polar surface area (TPSA) is 79.5 Å². The lowest BCUT2D eigenvalue weighted by molar-refractivity contribution is -0.132. The zero-order valence-electron chi connectivity index (χ0n) is 14.3. The summed E-state index contributed by atoms with van der Waals surface area (Å²) in [7, 11) is 0. The molecule has 10 heteroatoms. The lowest BCUT2D eigenvalue weighted by Gasteiger charge is -2.15. The van der Waals surface area contributed by atoms with Crippen molar-refractivity contribution in [1.82, 2.24) is 10.6 Å². The van der Waals surface area contributed by atoms with E-state index in [0.29, 0.717) is 6.54 Å². The third-order valence-electron chi connectivity index (χ3n) is 3.31. The maximum absolute atomic E-state index is 12.9. The number of nitrogens with zero attached hydrogens (tertiary/aromatic N) is 1. The molecule has 0 aliphatic heterocycles. The Morgan fingerprint density at radius 3 is 2.35 bits per heavy atom. The molecule has 1 aromatic carbocycles. The predicted octanol–water partition coefficient (Wildman–Crippen LogP) is 2.60. The molecule has 0 saturated heterocycles. The molecule has 1 atom stereocenters. The van der Waals surface area contributed by atoms with E-state index in [4.69, 9.17) is 5.73 Å². The van der Waals surface area contributed by atoms with E-state index in [1.165, 1.54) is 12.1 Å². The monoisotopic (exact) mass is 490 g/mol. The van der Waals surface area contributed by atoms with Crippen LogP contribution in [0.2, 0.25) is 0 Å². The molecular formula is C16H23F4IN4O. The number of halogens is 5. The van der Waals surface area contributed by atoms with Crippen molar-refractivity contribution in [2.24, 2.45) is 16.6 Å². The fourth-order valence-corrected chi connectivity index (χ4v) is 2.03. The predicted molar refractivity (Wildman–Crippen MR) is 103 cm³/mol. The van der Waals surface area contributed by atoms with Crippen LogP contribution in [-0.2, 0) is 11.2 Å². The molecule has 0 saturated carbocycles. The van der Waals surface area contributed by atoms with Crippen molar-refractivity contribution in [2.45, 2.75) is 25.9 Å². The summed E-state index contributed by atoms with van der Waals surface area (Å²) in [5.74, 6) is -1.44.